The number of phenolic OH excluding ortho intramolecular Hbond substituents is 1. The number of Topliss-reactive ketones (excluding diaryl/α,β-unsaturated/α-hetero) is 1. The number of hydrogen-bond acceptors (Lipinski definition) is 3. The second kappa shape index (κ2) is 3.42. The van der Waals surface area contributed by atoms with Crippen LogP contribution in [0.1, 0.15) is 18.1 Å². The van der Waals surface area contributed by atoms with Gasteiger partial charge in [0.05, 0.1) is 6.04 Å². The SMILES string of the molecule is CC(=O)[C@H]1Cc2ccc(O)cc2CN1. The predicted molar refractivity (Wildman–Crippen MR) is 53.1 cm³/mol. The Kier molecular flexibility index (Phi) is 2.25. The molecule has 74 valence electrons. The Morgan fingerprint density at radius 3 is 3.00 bits per heavy atom. The van der Waals surface area contributed by atoms with E-state index in [0.29, 0.717) is 6.54 Å². The molecule has 0 aliphatic carbocycles. The van der Waals surface area contributed by atoms with Crippen LogP contribution in [0.4, 0.5) is 0 Å². The number of fused-ring (bicyclic) bond motifs is 1. The molecule has 1 aliphatic rings. The molecule has 0 fully saturated rings. The molecule has 0 saturated carbocycles. The van der Waals surface area contributed by atoms with Crippen molar-refractivity contribution in [2.45, 2.75) is 25.9 Å². The van der Waals surface area contributed by atoms with Crippen LogP contribution in [0.25, 0.3) is 0 Å². The number of phenols is 1. The second-order valence-corrected chi connectivity index (χ2v) is 3.70. The van der Waals surface area contributed by atoms with Crippen LogP contribution in [0, 0.1) is 0 Å². The zero-order valence-electron chi connectivity index (χ0n) is 8.08. The molecule has 3 nitrogen and oxygen atoms in total. The van der Waals surface area contributed by atoms with Gasteiger partial charge in [0, 0.05) is 6.54 Å². The number of ketones is 1. The van der Waals surface area contributed by atoms with Crippen molar-refractivity contribution < 1.29 is 9.90 Å². The molecule has 1 heterocycles. The van der Waals surface area contributed by atoms with Crippen molar-refractivity contribution in [2.75, 3.05) is 0 Å². The zero-order chi connectivity index (χ0) is 10.1. The molecule has 0 amide bonds. The topological polar surface area (TPSA) is 49.3 Å². The van der Waals surface area contributed by atoms with E-state index in [4.69, 9.17) is 0 Å². The molecule has 0 saturated heterocycles. The van der Waals surface area contributed by atoms with Crippen LogP contribution in [0.3, 0.4) is 0 Å². The lowest BCUT2D eigenvalue weighted by Gasteiger charge is -2.24. The average molecular weight is 191 g/mol. The Bertz CT molecular complexity index is 374. The summed E-state index contributed by atoms with van der Waals surface area (Å²) in [6, 6.07) is 5.24. The molecule has 1 atom stereocenters. The monoisotopic (exact) mass is 191 g/mol. The van der Waals surface area contributed by atoms with Crippen molar-refractivity contribution in [3.05, 3.63) is 29.3 Å². The van der Waals surface area contributed by atoms with E-state index in [1.165, 1.54) is 0 Å². The van der Waals surface area contributed by atoms with Crippen molar-refractivity contribution in [3.63, 3.8) is 0 Å². The molecule has 1 aromatic rings. The van der Waals surface area contributed by atoms with E-state index >= 15 is 0 Å². The van der Waals surface area contributed by atoms with Crippen molar-refractivity contribution in [2.24, 2.45) is 0 Å². The number of carbonyl (C=O) groups excluding carboxylic acids is 1. The molecule has 1 aliphatic heterocycles. The summed E-state index contributed by atoms with van der Waals surface area (Å²) in [7, 11) is 0. The van der Waals surface area contributed by atoms with Crippen LogP contribution in [0.5, 0.6) is 5.75 Å². The van der Waals surface area contributed by atoms with Gasteiger partial charge in [-0.25, -0.2) is 0 Å². The molecule has 1 aromatic carbocycles. The van der Waals surface area contributed by atoms with E-state index in [1.807, 2.05) is 6.07 Å². The fourth-order valence-electron chi connectivity index (χ4n) is 1.79. The summed E-state index contributed by atoms with van der Waals surface area (Å²) in [5.41, 5.74) is 2.24. The third kappa shape index (κ3) is 1.63. The van der Waals surface area contributed by atoms with Crippen molar-refractivity contribution in [1.29, 1.82) is 0 Å². The quantitative estimate of drug-likeness (QED) is 0.696. The van der Waals surface area contributed by atoms with E-state index in [2.05, 4.69) is 5.32 Å². The molecule has 0 radical (unpaired) electrons. The van der Waals surface area contributed by atoms with E-state index in [0.717, 1.165) is 17.5 Å². The van der Waals surface area contributed by atoms with Gasteiger partial charge in [-0.05, 0) is 36.6 Å². The van der Waals surface area contributed by atoms with Crippen LogP contribution in [-0.4, -0.2) is 16.9 Å². The standard InChI is InChI=1S/C11H13NO2/c1-7(13)11-5-8-2-3-10(14)4-9(8)6-12-11/h2-4,11-12,14H,5-6H2,1H3/t11-/m1/s1. The Morgan fingerprint density at radius 1 is 1.50 bits per heavy atom. The summed E-state index contributed by atoms with van der Waals surface area (Å²) in [5, 5.41) is 12.4. The van der Waals surface area contributed by atoms with Gasteiger partial charge in [0.1, 0.15) is 11.5 Å². The Hall–Kier alpha value is -1.35. The molecular weight excluding hydrogens is 178 g/mol. The minimum Gasteiger partial charge on any atom is -0.508 e. The normalized spacial score (nSPS) is 20.2. The van der Waals surface area contributed by atoms with E-state index in [9.17, 15) is 9.90 Å². The van der Waals surface area contributed by atoms with Gasteiger partial charge in [0.25, 0.3) is 0 Å². The maximum atomic E-state index is 11.2. The van der Waals surface area contributed by atoms with Gasteiger partial charge >= 0.3 is 0 Å². The van der Waals surface area contributed by atoms with Crippen molar-refractivity contribution in [3.8, 4) is 5.75 Å². The van der Waals surface area contributed by atoms with Gasteiger partial charge in [-0.15, -0.1) is 0 Å². The molecule has 3 heteroatoms. The van der Waals surface area contributed by atoms with Gasteiger partial charge in [-0.3, -0.25) is 4.79 Å². The van der Waals surface area contributed by atoms with Crippen LogP contribution in [0.15, 0.2) is 18.2 Å². The highest BCUT2D eigenvalue weighted by Crippen LogP contribution is 2.21. The first-order valence-corrected chi connectivity index (χ1v) is 4.71. The number of aromatic hydroxyl groups is 1. The summed E-state index contributed by atoms with van der Waals surface area (Å²) in [6.45, 7) is 2.26. The van der Waals surface area contributed by atoms with Crippen molar-refractivity contribution in [1.82, 2.24) is 5.32 Å². The van der Waals surface area contributed by atoms with Crippen LogP contribution >= 0.6 is 0 Å². The maximum absolute atomic E-state index is 11.2. The lowest BCUT2D eigenvalue weighted by molar-refractivity contribution is -0.119. The lowest BCUT2D eigenvalue weighted by atomic mass is 9.94. The summed E-state index contributed by atoms with van der Waals surface area (Å²) in [5.74, 6) is 0.454. The summed E-state index contributed by atoms with van der Waals surface area (Å²) < 4.78 is 0. The minimum absolute atomic E-state index is 0.0629. The molecule has 14 heavy (non-hydrogen) atoms. The Labute approximate surface area is 82.8 Å². The highest BCUT2D eigenvalue weighted by atomic mass is 16.3. The molecule has 2 N–H and O–H groups in total. The van der Waals surface area contributed by atoms with Gasteiger partial charge in [0.15, 0.2) is 0 Å². The summed E-state index contributed by atoms with van der Waals surface area (Å²) >= 11 is 0. The van der Waals surface area contributed by atoms with Crippen LogP contribution in [0.2, 0.25) is 0 Å². The molecule has 0 aromatic heterocycles. The molecule has 0 bridgehead atoms. The van der Waals surface area contributed by atoms with Crippen LogP contribution < -0.4 is 5.32 Å². The highest BCUT2D eigenvalue weighted by Gasteiger charge is 2.20. The minimum atomic E-state index is -0.0629. The van der Waals surface area contributed by atoms with Gasteiger partial charge in [0.2, 0.25) is 0 Å². The molecular formula is C11H13NO2. The Morgan fingerprint density at radius 2 is 2.29 bits per heavy atom. The van der Waals surface area contributed by atoms with Crippen LogP contribution in [-0.2, 0) is 17.8 Å². The fourth-order valence-corrected chi connectivity index (χ4v) is 1.79. The number of nitrogens with one attached hydrogen (secondary N) is 1. The smallest absolute Gasteiger partial charge is 0.147 e. The first-order valence-electron chi connectivity index (χ1n) is 4.71. The molecule has 0 spiro atoms. The number of hydrogen-bond donors (Lipinski definition) is 2. The number of benzene rings is 1. The fraction of sp³-hybridized carbons (Fsp3) is 0.364. The van der Waals surface area contributed by atoms with E-state index in [-0.39, 0.29) is 17.6 Å². The number of carbonyl (C=O) groups is 1. The predicted octanol–water partition coefficient (Wildman–Crippen LogP) is 0.995. The summed E-state index contributed by atoms with van der Waals surface area (Å²) in [6.07, 6.45) is 0.727. The first-order chi connectivity index (χ1) is 6.66. The van der Waals surface area contributed by atoms with Gasteiger partial charge < -0.3 is 10.4 Å². The number of rotatable bonds is 1. The maximum Gasteiger partial charge on any atom is 0.147 e. The average Bonchev–Trinajstić information content (AvgIpc) is 2.16. The molecule has 0 unspecified atom stereocenters. The van der Waals surface area contributed by atoms with Crippen molar-refractivity contribution >= 4 is 5.78 Å². The zero-order valence-corrected chi connectivity index (χ0v) is 8.08. The van der Waals surface area contributed by atoms with Gasteiger partial charge in [-0.1, -0.05) is 6.07 Å². The van der Waals surface area contributed by atoms with E-state index in [1.54, 1.807) is 19.1 Å². The first kappa shape index (κ1) is 9.21. The lowest BCUT2D eigenvalue weighted by Crippen LogP contribution is -2.40. The Balaban J connectivity index is 2.27. The summed E-state index contributed by atoms with van der Waals surface area (Å²) in [4.78, 5) is 11.2. The third-order valence-corrected chi connectivity index (χ3v) is 2.64. The van der Waals surface area contributed by atoms with E-state index < -0.39 is 0 Å². The molecule has 2 rings (SSSR count). The third-order valence-electron chi connectivity index (χ3n) is 2.64. The largest absolute Gasteiger partial charge is 0.508 e. The van der Waals surface area contributed by atoms with Gasteiger partial charge in [-0.2, -0.15) is 0 Å². The highest BCUT2D eigenvalue weighted by molar-refractivity contribution is 5.82. The second-order valence-electron chi connectivity index (χ2n) is 3.70.